The minimum Gasteiger partial charge on any atom is -0.350 e. The van der Waals surface area contributed by atoms with Gasteiger partial charge in [-0.1, -0.05) is 24.3 Å². The Hall–Kier alpha value is -2.44. The van der Waals surface area contributed by atoms with Gasteiger partial charge in [0.25, 0.3) is 5.91 Å². The average Bonchev–Trinajstić information content (AvgIpc) is 3.52. The summed E-state index contributed by atoms with van der Waals surface area (Å²) in [7, 11) is 0. The molecule has 2 amide bonds. The molecule has 1 aliphatic heterocycles. The van der Waals surface area contributed by atoms with Crippen LogP contribution in [0.3, 0.4) is 0 Å². The quantitative estimate of drug-likeness (QED) is 0.807. The number of hydroxylamine groups is 1. The number of carbonyl (C=O) groups excluding carboxylic acids is 2. The second kappa shape index (κ2) is 7.43. The summed E-state index contributed by atoms with van der Waals surface area (Å²) in [4.78, 5) is 30.3. The smallest absolute Gasteiger partial charge is 0.277 e. The van der Waals surface area contributed by atoms with E-state index in [1.165, 1.54) is 0 Å². The predicted octanol–water partition coefficient (Wildman–Crippen LogP) is 3.38. The Morgan fingerprint density at radius 2 is 1.81 bits per heavy atom. The fraction of sp³-hybridized carbons (Fsp3) is 0.400. The molecule has 6 heteroatoms. The normalized spacial score (nSPS) is 19.9. The summed E-state index contributed by atoms with van der Waals surface area (Å²) in [6, 6.07) is 11.3. The zero-order chi connectivity index (χ0) is 17.9. The highest BCUT2D eigenvalue weighted by atomic mass is 16.8. The monoisotopic (exact) mass is 354 g/mol. The summed E-state index contributed by atoms with van der Waals surface area (Å²) in [6.45, 7) is 0.638. The number of anilines is 1. The first kappa shape index (κ1) is 17.0. The molecule has 1 saturated heterocycles. The molecule has 136 valence electrons. The van der Waals surface area contributed by atoms with Crippen LogP contribution in [0.2, 0.25) is 0 Å². The maximum Gasteiger partial charge on any atom is 0.277 e. The Morgan fingerprint density at radius 1 is 1.04 bits per heavy atom. The van der Waals surface area contributed by atoms with Gasteiger partial charge in [-0.05, 0) is 48.6 Å². The standard InChI is InChI=1S/C20H22N2O4/c23-19(13-8-9-13)21-17-12-15-6-2-1-5-14(15)11-16(17)20(24)22-26-18-7-3-4-10-25-18/h1-2,5-6,11-13,18H,3-4,7-10H2,(H,21,23)(H,22,24). The molecule has 2 N–H and O–H groups in total. The van der Waals surface area contributed by atoms with Gasteiger partial charge in [0.05, 0.1) is 11.3 Å². The van der Waals surface area contributed by atoms with Crippen molar-refractivity contribution in [2.45, 2.75) is 38.4 Å². The summed E-state index contributed by atoms with van der Waals surface area (Å²) in [6.07, 6.45) is 4.17. The molecule has 0 spiro atoms. The molecule has 2 fully saturated rings. The van der Waals surface area contributed by atoms with Gasteiger partial charge < -0.3 is 10.1 Å². The van der Waals surface area contributed by atoms with Gasteiger partial charge in [0.1, 0.15) is 0 Å². The van der Waals surface area contributed by atoms with Crippen LogP contribution in [0.1, 0.15) is 42.5 Å². The van der Waals surface area contributed by atoms with Crippen LogP contribution in [0, 0.1) is 5.92 Å². The Kier molecular flexibility index (Phi) is 4.86. The molecule has 6 nitrogen and oxygen atoms in total. The van der Waals surface area contributed by atoms with E-state index >= 15 is 0 Å². The van der Waals surface area contributed by atoms with Crippen molar-refractivity contribution < 1.29 is 19.2 Å². The fourth-order valence-corrected chi connectivity index (χ4v) is 3.09. The van der Waals surface area contributed by atoms with E-state index < -0.39 is 12.2 Å². The van der Waals surface area contributed by atoms with Crippen molar-refractivity contribution in [2.75, 3.05) is 11.9 Å². The van der Waals surface area contributed by atoms with Crippen LogP contribution in [-0.4, -0.2) is 24.7 Å². The molecule has 4 rings (SSSR count). The number of fused-ring (bicyclic) bond motifs is 1. The van der Waals surface area contributed by atoms with Crippen molar-refractivity contribution >= 4 is 28.3 Å². The number of hydrogen-bond acceptors (Lipinski definition) is 4. The van der Waals surface area contributed by atoms with Gasteiger partial charge in [-0.3, -0.25) is 9.59 Å². The molecule has 1 saturated carbocycles. The van der Waals surface area contributed by atoms with Crippen LogP contribution in [0.4, 0.5) is 5.69 Å². The lowest BCUT2D eigenvalue weighted by atomic mass is 10.0. The number of benzene rings is 2. The zero-order valence-corrected chi connectivity index (χ0v) is 14.5. The summed E-state index contributed by atoms with van der Waals surface area (Å²) in [5, 5.41) is 4.79. The van der Waals surface area contributed by atoms with Crippen LogP contribution >= 0.6 is 0 Å². The van der Waals surface area contributed by atoms with Gasteiger partial charge in [0.2, 0.25) is 5.91 Å². The van der Waals surface area contributed by atoms with Crippen LogP contribution in [0.15, 0.2) is 36.4 Å². The Balaban J connectivity index is 1.55. The molecule has 2 aromatic rings. The van der Waals surface area contributed by atoms with E-state index in [2.05, 4.69) is 10.8 Å². The lowest BCUT2D eigenvalue weighted by Gasteiger charge is -2.22. The third-order valence-corrected chi connectivity index (χ3v) is 4.76. The second-order valence-corrected chi connectivity index (χ2v) is 6.85. The molecule has 2 aromatic carbocycles. The first-order valence-electron chi connectivity index (χ1n) is 9.12. The Bertz CT molecular complexity index is 826. The van der Waals surface area contributed by atoms with Crippen molar-refractivity contribution in [3.05, 3.63) is 42.0 Å². The van der Waals surface area contributed by atoms with Crippen molar-refractivity contribution in [1.82, 2.24) is 5.48 Å². The van der Waals surface area contributed by atoms with Gasteiger partial charge >= 0.3 is 0 Å². The minimum atomic E-state index is -0.419. The molecule has 0 bridgehead atoms. The first-order valence-corrected chi connectivity index (χ1v) is 9.12. The zero-order valence-electron chi connectivity index (χ0n) is 14.5. The average molecular weight is 354 g/mol. The lowest BCUT2D eigenvalue weighted by molar-refractivity contribution is -0.186. The topological polar surface area (TPSA) is 76.7 Å². The molecule has 0 radical (unpaired) electrons. The lowest BCUT2D eigenvalue weighted by Crippen LogP contribution is -2.33. The molecule has 2 aliphatic rings. The van der Waals surface area contributed by atoms with E-state index in [9.17, 15) is 9.59 Å². The van der Waals surface area contributed by atoms with E-state index in [0.29, 0.717) is 17.9 Å². The van der Waals surface area contributed by atoms with Crippen molar-refractivity contribution in [2.24, 2.45) is 5.92 Å². The Labute approximate surface area is 151 Å². The van der Waals surface area contributed by atoms with Gasteiger partial charge in [-0.2, -0.15) is 0 Å². The van der Waals surface area contributed by atoms with E-state index in [1.807, 2.05) is 30.3 Å². The minimum absolute atomic E-state index is 0.0362. The third kappa shape index (κ3) is 3.86. The number of carbonyl (C=O) groups is 2. The van der Waals surface area contributed by atoms with Crippen LogP contribution in [0.5, 0.6) is 0 Å². The maximum atomic E-state index is 12.7. The molecule has 1 aliphatic carbocycles. The van der Waals surface area contributed by atoms with Gasteiger partial charge in [-0.15, -0.1) is 0 Å². The van der Waals surface area contributed by atoms with Crippen LogP contribution in [0.25, 0.3) is 10.8 Å². The summed E-state index contributed by atoms with van der Waals surface area (Å²) in [5.74, 6) is -0.369. The number of amides is 2. The van der Waals surface area contributed by atoms with Gasteiger partial charge in [0.15, 0.2) is 6.29 Å². The number of nitrogens with one attached hydrogen (secondary N) is 2. The molecule has 0 aromatic heterocycles. The Morgan fingerprint density at radius 3 is 2.50 bits per heavy atom. The number of hydrogen-bond donors (Lipinski definition) is 2. The van der Waals surface area contributed by atoms with Crippen LogP contribution < -0.4 is 10.8 Å². The third-order valence-electron chi connectivity index (χ3n) is 4.76. The van der Waals surface area contributed by atoms with Crippen molar-refractivity contribution in [1.29, 1.82) is 0 Å². The molecule has 1 unspecified atom stereocenters. The highest BCUT2D eigenvalue weighted by molar-refractivity contribution is 6.08. The van der Waals surface area contributed by atoms with E-state index in [1.54, 1.807) is 6.07 Å². The largest absolute Gasteiger partial charge is 0.350 e. The molecule has 26 heavy (non-hydrogen) atoms. The van der Waals surface area contributed by atoms with Gasteiger partial charge in [0, 0.05) is 18.9 Å². The first-order chi connectivity index (χ1) is 12.7. The molecule has 1 atom stereocenters. The molecule has 1 heterocycles. The number of ether oxygens (including phenoxy) is 1. The highest BCUT2D eigenvalue weighted by Crippen LogP contribution is 2.32. The predicted molar refractivity (Wildman–Crippen MR) is 97.4 cm³/mol. The highest BCUT2D eigenvalue weighted by Gasteiger charge is 2.30. The number of rotatable bonds is 5. The van der Waals surface area contributed by atoms with E-state index in [4.69, 9.17) is 9.57 Å². The van der Waals surface area contributed by atoms with Crippen molar-refractivity contribution in [3.63, 3.8) is 0 Å². The van der Waals surface area contributed by atoms with E-state index in [-0.39, 0.29) is 11.8 Å². The summed E-state index contributed by atoms with van der Waals surface area (Å²) in [5.41, 5.74) is 3.37. The van der Waals surface area contributed by atoms with Gasteiger partial charge in [-0.25, -0.2) is 10.3 Å². The maximum absolute atomic E-state index is 12.7. The second-order valence-electron chi connectivity index (χ2n) is 6.85. The SMILES string of the molecule is O=C(NOC1CCCCO1)c1cc2ccccc2cc1NC(=O)C1CC1. The molecular weight excluding hydrogens is 332 g/mol. The molecular formula is C20H22N2O4. The van der Waals surface area contributed by atoms with E-state index in [0.717, 1.165) is 42.9 Å². The van der Waals surface area contributed by atoms with Crippen LogP contribution in [-0.2, 0) is 14.4 Å². The summed E-state index contributed by atoms with van der Waals surface area (Å²) >= 11 is 0. The summed E-state index contributed by atoms with van der Waals surface area (Å²) < 4.78 is 5.46. The fourth-order valence-electron chi connectivity index (χ4n) is 3.09. The van der Waals surface area contributed by atoms with Crippen molar-refractivity contribution in [3.8, 4) is 0 Å².